The highest BCUT2D eigenvalue weighted by atomic mass is 16.2. The van der Waals surface area contributed by atoms with E-state index in [1.165, 1.54) is 5.56 Å². The van der Waals surface area contributed by atoms with Crippen molar-refractivity contribution in [2.75, 3.05) is 7.05 Å². The summed E-state index contributed by atoms with van der Waals surface area (Å²) in [4.78, 5) is 13.4. The van der Waals surface area contributed by atoms with E-state index >= 15 is 0 Å². The summed E-state index contributed by atoms with van der Waals surface area (Å²) in [7, 11) is 1.81. The number of amides is 1. The Morgan fingerprint density at radius 1 is 1.38 bits per heavy atom. The van der Waals surface area contributed by atoms with E-state index in [2.05, 4.69) is 19.1 Å². The molecular formula is C13H20N2O. The van der Waals surface area contributed by atoms with Gasteiger partial charge >= 0.3 is 0 Å². The van der Waals surface area contributed by atoms with Crippen LogP contribution >= 0.6 is 0 Å². The number of hydrogen-bond acceptors (Lipinski definition) is 2. The molecule has 0 fully saturated rings. The Morgan fingerprint density at radius 2 is 1.94 bits per heavy atom. The number of carbonyl (C=O) groups excluding carboxylic acids is 1. The van der Waals surface area contributed by atoms with Crippen LogP contribution in [-0.4, -0.2) is 23.9 Å². The Kier molecular flexibility index (Phi) is 4.50. The first-order valence-corrected chi connectivity index (χ1v) is 5.54. The van der Waals surface area contributed by atoms with E-state index in [0.717, 1.165) is 5.56 Å². The molecule has 0 saturated heterocycles. The molecule has 1 aromatic rings. The van der Waals surface area contributed by atoms with Gasteiger partial charge in [-0.3, -0.25) is 4.79 Å². The Morgan fingerprint density at radius 3 is 2.44 bits per heavy atom. The zero-order valence-corrected chi connectivity index (χ0v) is 10.2. The molecule has 1 unspecified atom stereocenters. The summed E-state index contributed by atoms with van der Waals surface area (Å²) in [5.41, 5.74) is 7.97. The molecule has 0 radical (unpaired) electrons. The highest BCUT2D eigenvalue weighted by molar-refractivity contribution is 5.76. The Labute approximate surface area is 97.2 Å². The second-order valence-corrected chi connectivity index (χ2v) is 4.42. The number of nitrogens with two attached hydrogens (primary N) is 1. The Bertz CT molecular complexity index is 343. The fourth-order valence-electron chi connectivity index (χ4n) is 1.49. The lowest BCUT2D eigenvalue weighted by Gasteiger charge is -2.18. The second-order valence-electron chi connectivity index (χ2n) is 4.42. The molecule has 1 aromatic carbocycles. The van der Waals surface area contributed by atoms with Crippen LogP contribution in [0.2, 0.25) is 0 Å². The quantitative estimate of drug-likeness (QED) is 0.839. The van der Waals surface area contributed by atoms with E-state index < -0.39 is 0 Å². The lowest BCUT2D eigenvalue weighted by molar-refractivity contribution is -0.130. The number of hydrogen-bond donors (Lipinski definition) is 1. The first-order valence-electron chi connectivity index (χ1n) is 5.54. The minimum atomic E-state index is -0.0760. The maximum atomic E-state index is 11.7. The van der Waals surface area contributed by atoms with Gasteiger partial charge in [-0.25, -0.2) is 0 Å². The normalized spacial score (nSPS) is 12.2. The van der Waals surface area contributed by atoms with Gasteiger partial charge in [0.1, 0.15) is 0 Å². The van der Waals surface area contributed by atoms with Crippen LogP contribution < -0.4 is 5.73 Å². The van der Waals surface area contributed by atoms with E-state index in [4.69, 9.17) is 5.73 Å². The highest BCUT2D eigenvalue weighted by Gasteiger charge is 2.10. The smallest absolute Gasteiger partial charge is 0.224 e. The van der Waals surface area contributed by atoms with Gasteiger partial charge in [0.25, 0.3) is 0 Å². The monoisotopic (exact) mass is 220 g/mol. The van der Waals surface area contributed by atoms with Crippen LogP contribution in [0.3, 0.4) is 0 Å². The molecule has 1 rings (SSSR count). The van der Waals surface area contributed by atoms with Crippen molar-refractivity contribution in [1.29, 1.82) is 0 Å². The van der Waals surface area contributed by atoms with Gasteiger partial charge in [-0.15, -0.1) is 0 Å². The molecule has 3 nitrogen and oxygen atoms in total. The van der Waals surface area contributed by atoms with Gasteiger partial charge in [-0.05, 0) is 19.4 Å². The van der Waals surface area contributed by atoms with Crippen LogP contribution in [0.1, 0.15) is 24.5 Å². The molecule has 0 spiro atoms. The van der Waals surface area contributed by atoms with Crippen molar-refractivity contribution in [3.05, 3.63) is 35.4 Å². The van der Waals surface area contributed by atoms with Crippen LogP contribution in [-0.2, 0) is 11.3 Å². The number of rotatable bonds is 4. The first kappa shape index (κ1) is 12.7. The molecular weight excluding hydrogens is 200 g/mol. The predicted molar refractivity (Wildman–Crippen MR) is 65.9 cm³/mol. The summed E-state index contributed by atoms with van der Waals surface area (Å²) < 4.78 is 0. The first-order chi connectivity index (χ1) is 7.49. The van der Waals surface area contributed by atoms with Crippen molar-refractivity contribution in [2.24, 2.45) is 5.73 Å². The van der Waals surface area contributed by atoms with Crippen LogP contribution in [0.5, 0.6) is 0 Å². The predicted octanol–water partition coefficient (Wildman–Crippen LogP) is 1.69. The van der Waals surface area contributed by atoms with Gasteiger partial charge in [0.05, 0.1) is 0 Å². The summed E-state index contributed by atoms with van der Waals surface area (Å²) in [6, 6.07) is 8.13. The van der Waals surface area contributed by atoms with Gasteiger partial charge in [-0.2, -0.15) is 0 Å². The second kappa shape index (κ2) is 5.66. The molecule has 0 aliphatic heterocycles. The minimum absolute atomic E-state index is 0.0760. The summed E-state index contributed by atoms with van der Waals surface area (Å²) in [5.74, 6) is 0.0931. The SMILES string of the molecule is Cc1ccc(CN(C)C(=O)CC(C)N)cc1. The van der Waals surface area contributed by atoms with Crippen molar-refractivity contribution in [1.82, 2.24) is 4.90 Å². The average Bonchev–Trinajstić information content (AvgIpc) is 2.20. The van der Waals surface area contributed by atoms with Crippen LogP contribution in [0.4, 0.5) is 0 Å². The summed E-state index contributed by atoms with van der Waals surface area (Å²) in [6.45, 7) is 4.54. The largest absolute Gasteiger partial charge is 0.341 e. The third kappa shape index (κ3) is 4.03. The van der Waals surface area contributed by atoms with Gasteiger partial charge in [0, 0.05) is 26.1 Å². The molecule has 3 heteroatoms. The zero-order chi connectivity index (χ0) is 12.1. The lowest BCUT2D eigenvalue weighted by Crippen LogP contribution is -2.31. The molecule has 0 aliphatic rings. The molecule has 1 amide bonds. The van der Waals surface area contributed by atoms with E-state index in [1.807, 2.05) is 26.1 Å². The van der Waals surface area contributed by atoms with E-state index in [1.54, 1.807) is 4.90 Å². The fourth-order valence-corrected chi connectivity index (χ4v) is 1.49. The highest BCUT2D eigenvalue weighted by Crippen LogP contribution is 2.07. The van der Waals surface area contributed by atoms with Gasteiger partial charge < -0.3 is 10.6 Å². The van der Waals surface area contributed by atoms with E-state index in [-0.39, 0.29) is 11.9 Å². The zero-order valence-electron chi connectivity index (χ0n) is 10.2. The fraction of sp³-hybridized carbons (Fsp3) is 0.462. The molecule has 0 bridgehead atoms. The number of benzene rings is 1. The Balaban J connectivity index is 2.53. The molecule has 2 N–H and O–H groups in total. The number of nitrogens with zero attached hydrogens (tertiary/aromatic N) is 1. The van der Waals surface area contributed by atoms with Gasteiger partial charge in [0.15, 0.2) is 0 Å². The van der Waals surface area contributed by atoms with Gasteiger partial charge in [0.2, 0.25) is 5.91 Å². The third-order valence-corrected chi connectivity index (χ3v) is 2.46. The molecule has 1 atom stereocenters. The minimum Gasteiger partial charge on any atom is -0.341 e. The number of carbonyl (C=O) groups is 1. The molecule has 16 heavy (non-hydrogen) atoms. The van der Waals surface area contributed by atoms with Crippen LogP contribution in [0.15, 0.2) is 24.3 Å². The summed E-state index contributed by atoms with van der Waals surface area (Å²) in [5, 5.41) is 0. The molecule has 0 heterocycles. The van der Waals surface area contributed by atoms with E-state index in [0.29, 0.717) is 13.0 Å². The van der Waals surface area contributed by atoms with Gasteiger partial charge in [-0.1, -0.05) is 29.8 Å². The van der Waals surface area contributed by atoms with Crippen molar-refractivity contribution in [3.8, 4) is 0 Å². The number of aryl methyl sites for hydroxylation is 1. The van der Waals surface area contributed by atoms with Crippen molar-refractivity contribution >= 4 is 5.91 Å². The summed E-state index contributed by atoms with van der Waals surface area (Å²) in [6.07, 6.45) is 0.405. The van der Waals surface area contributed by atoms with Crippen LogP contribution in [0.25, 0.3) is 0 Å². The van der Waals surface area contributed by atoms with Crippen molar-refractivity contribution in [3.63, 3.8) is 0 Å². The third-order valence-electron chi connectivity index (χ3n) is 2.46. The van der Waals surface area contributed by atoms with Crippen molar-refractivity contribution < 1.29 is 4.79 Å². The standard InChI is InChI=1S/C13H20N2O/c1-10-4-6-12(7-5-10)9-15(3)13(16)8-11(2)14/h4-7,11H,8-9,14H2,1-3H3. The topological polar surface area (TPSA) is 46.3 Å². The van der Waals surface area contributed by atoms with Crippen LogP contribution in [0, 0.1) is 6.92 Å². The maximum absolute atomic E-state index is 11.7. The molecule has 88 valence electrons. The maximum Gasteiger partial charge on any atom is 0.224 e. The lowest BCUT2D eigenvalue weighted by atomic mass is 10.1. The van der Waals surface area contributed by atoms with E-state index in [9.17, 15) is 4.79 Å². The molecule has 0 aliphatic carbocycles. The molecule has 0 saturated carbocycles. The Hall–Kier alpha value is -1.35. The average molecular weight is 220 g/mol. The van der Waals surface area contributed by atoms with Crippen molar-refractivity contribution in [2.45, 2.75) is 32.9 Å². The molecule has 0 aromatic heterocycles. The summed E-state index contributed by atoms with van der Waals surface area (Å²) >= 11 is 0.